The van der Waals surface area contributed by atoms with Gasteiger partial charge in [-0.1, -0.05) is 30.3 Å². The summed E-state index contributed by atoms with van der Waals surface area (Å²) in [5.74, 6) is -0.881. The number of ether oxygens (including phenoxy) is 1. The number of alkyl halides is 3. The molecule has 4 rings (SSSR count). The number of aromatic nitrogens is 2. The molecule has 33 heavy (non-hydrogen) atoms. The quantitative estimate of drug-likeness (QED) is 0.281. The normalized spacial score (nSPS) is 11.5. The molecule has 0 saturated carbocycles. The van der Waals surface area contributed by atoms with Gasteiger partial charge in [0.25, 0.3) is 0 Å². The van der Waals surface area contributed by atoms with E-state index in [4.69, 9.17) is 4.74 Å². The highest BCUT2D eigenvalue weighted by atomic mass is 19.4. The first-order valence-electron chi connectivity index (χ1n) is 10.2. The van der Waals surface area contributed by atoms with E-state index in [0.717, 1.165) is 23.4 Å². The van der Waals surface area contributed by atoms with Crippen LogP contribution in [0.5, 0.6) is 0 Å². The third kappa shape index (κ3) is 4.64. The monoisotopic (exact) mass is 452 g/mol. The van der Waals surface area contributed by atoms with Crippen molar-refractivity contribution in [2.24, 2.45) is 0 Å². The van der Waals surface area contributed by atoms with Gasteiger partial charge in [-0.3, -0.25) is 4.79 Å². The van der Waals surface area contributed by atoms with Crippen LogP contribution < -0.4 is 0 Å². The Morgan fingerprint density at radius 1 is 1.03 bits per heavy atom. The van der Waals surface area contributed by atoms with Crippen LogP contribution in [0.4, 0.5) is 13.2 Å². The van der Waals surface area contributed by atoms with Gasteiger partial charge >= 0.3 is 12.1 Å². The number of carbonyl (C=O) groups is 2. The molecule has 0 atom stereocenters. The number of benzene rings is 2. The lowest BCUT2D eigenvalue weighted by atomic mass is 9.99. The van der Waals surface area contributed by atoms with Crippen molar-refractivity contribution >= 4 is 17.4 Å². The average Bonchev–Trinajstić information content (AvgIpc) is 3.23. The number of esters is 1. The van der Waals surface area contributed by atoms with Crippen LogP contribution in [0.1, 0.15) is 38.8 Å². The van der Waals surface area contributed by atoms with E-state index in [-0.39, 0.29) is 18.6 Å². The molecule has 0 amide bonds. The second-order valence-electron chi connectivity index (χ2n) is 7.35. The highest BCUT2D eigenvalue weighted by Crippen LogP contribution is 2.30. The Morgan fingerprint density at radius 2 is 1.82 bits per heavy atom. The summed E-state index contributed by atoms with van der Waals surface area (Å²) >= 11 is 0. The number of carbonyl (C=O) groups excluding carboxylic acids is 2. The van der Waals surface area contributed by atoms with Crippen LogP contribution in [0, 0.1) is 0 Å². The van der Waals surface area contributed by atoms with Gasteiger partial charge < -0.3 is 9.14 Å². The first kappa shape index (κ1) is 22.3. The lowest BCUT2D eigenvalue weighted by Gasteiger charge is -2.10. The number of hydrogen-bond acceptors (Lipinski definition) is 4. The molecule has 0 aliphatic carbocycles. The minimum absolute atomic E-state index is 0.00557. The summed E-state index contributed by atoms with van der Waals surface area (Å²) in [6, 6.07) is 15.0. The predicted molar refractivity (Wildman–Crippen MR) is 116 cm³/mol. The molecule has 0 radical (unpaired) electrons. The highest BCUT2D eigenvalue weighted by Gasteiger charge is 2.30. The number of Topliss-reactive ketones (excluding diaryl/α,β-unsaturated/α-hetero) is 1. The Labute approximate surface area is 187 Å². The van der Waals surface area contributed by atoms with E-state index in [1.165, 1.54) is 12.1 Å². The SMILES string of the molecule is CCOC(=O)c1ccn2c(-c3cccc(CC(=O)c4cccc(C(F)(F)F)c4)c3)ccnc12. The summed E-state index contributed by atoms with van der Waals surface area (Å²) in [6.07, 6.45) is -1.27. The molecule has 5 nitrogen and oxygen atoms in total. The Kier molecular flexibility index (Phi) is 6.00. The van der Waals surface area contributed by atoms with Gasteiger partial charge in [0.2, 0.25) is 0 Å². The average molecular weight is 452 g/mol. The van der Waals surface area contributed by atoms with Gasteiger partial charge in [-0.05, 0) is 48.4 Å². The fourth-order valence-electron chi connectivity index (χ4n) is 3.61. The largest absolute Gasteiger partial charge is 0.462 e. The molecule has 2 heterocycles. The van der Waals surface area contributed by atoms with Gasteiger partial charge in [-0.15, -0.1) is 0 Å². The molecule has 0 fully saturated rings. The first-order valence-corrected chi connectivity index (χ1v) is 10.2. The Hall–Kier alpha value is -3.94. The summed E-state index contributed by atoms with van der Waals surface area (Å²) in [5.41, 5.74) is 2.09. The maximum atomic E-state index is 13.0. The summed E-state index contributed by atoms with van der Waals surface area (Å²) in [4.78, 5) is 29.1. The van der Waals surface area contributed by atoms with Crippen molar-refractivity contribution in [3.63, 3.8) is 0 Å². The molecule has 8 heteroatoms. The molecule has 0 N–H and O–H groups in total. The maximum absolute atomic E-state index is 13.0. The zero-order chi connectivity index (χ0) is 23.6. The molecule has 0 spiro atoms. The van der Waals surface area contributed by atoms with E-state index in [1.54, 1.807) is 54.0 Å². The fraction of sp³-hybridized carbons (Fsp3) is 0.160. The van der Waals surface area contributed by atoms with Crippen molar-refractivity contribution in [1.29, 1.82) is 0 Å². The van der Waals surface area contributed by atoms with Crippen LogP contribution in [0.25, 0.3) is 16.9 Å². The van der Waals surface area contributed by atoms with E-state index in [9.17, 15) is 22.8 Å². The van der Waals surface area contributed by atoms with Crippen LogP contribution in [0.2, 0.25) is 0 Å². The topological polar surface area (TPSA) is 60.7 Å². The van der Waals surface area contributed by atoms with Gasteiger partial charge in [0, 0.05) is 24.4 Å². The number of fused-ring (bicyclic) bond motifs is 1. The summed E-state index contributed by atoms with van der Waals surface area (Å²) < 4.78 is 45.7. The predicted octanol–water partition coefficient (Wildman–Crippen LogP) is 5.62. The Balaban J connectivity index is 1.63. The lowest BCUT2D eigenvalue weighted by molar-refractivity contribution is -0.137. The van der Waals surface area contributed by atoms with Crippen molar-refractivity contribution in [2.45, 2.75) is 19.5 Å². The lowest BCUT2D eigenvalue weighted by Crippen LogP contribution is -2.09. The summed E-state index contributed by atoms with van der Waals surface area (Å²) in [5, 5.41) is 0. The number of hydrogen-bond donors (Lipinski definition) is 0. The van der Waals surface area contributed by atoms with Crippen molar-refractivity contribution in [3.05, 3.63) is 95.3 Å². The van der Waals surface area contributed by atoms with Gasteiger partial charge in [0.15, 0.2) is 11.4 Å². The van der Waals surface area contributed by atoms with E-state index in [1.807, 2.05) is 6.07 Å². The molecule has 2 aromatic carbocycles. The van der Waals surface area contributed by atoms with Gasteiger partial charge in [0.05, 0.1) is 17.9 Å². The zero-order valence-corrected chi connectivity index (χ0v) is 17.6. The molecular weight excluding hydrogens is 433 g/mol. The molecule has 0 unspecified atom stereocenters. The molecule has 0 bridgehead atoms. The second-order valence-corrected chi connectivity index (χ2v) is 7.35. The fourth-order valence-corrected chi connectivity index (χ4v) is 3.61. The smallest absolute Gasteiger partial charge is 0.416 e. The maximum Gasteiger partial charge on any atom is 0.416 e. The van der Waals surface area contributed by atoms with E-state index < -0.39 is 23.5 Å². The zero-order valence-electron chi connectivity index (χ0n) is 17.6. The minimum atomic E-state index is -4.51. The van der Waals surface area contributed by atoms with E-state index in [2.05, 4.69) is 4.98 Å². The number of nitrogens with zero attached hydrogens (tertiary/aromatic N) is 2. The van der Waals surface area contributed by atoms with E-state index in [0.29, 0.717) is 16.8 Å². The number of halogens is 3. The molecule has 0 aliphatic heterocycles. The van der Waals surface area contributed by atoms with Crippen LogP contribution in [0.3, 0.4) is 0 Å². The third-order valence-electron chi connectivity index (χ3n) is 5.14. The van der Waals surface area contributed by atoms with Crippen LogP contribution in [-0.2, 0) is 17.3 Å². The van der Waals surface area contributed by atoms with Crippen LogP contribution >= 0.6 is 0 Å². The molecule has 0 saturated heterocycles. The summed E-state index contributed by atoms with van der Waals surface area (Å²) in [6.45, 7) is 1.97. The molecule has 4 aromatic rings. The van der Waals surface area contributed by atoms with Gasteiger partial charge in [-0.2, -0.15) is 13.2 Å². The van der Waals surface area contributed by atoms with Crippen molar-refractivity contribution in [2.75, 3.05) is 6.61 Å². The third-order valence-corrected chi connectivity index (χ3v) is 5.14. The van der Waals surface area contributed by atoms with Gasteiger partial charge in [-0.25, -0.2) is 9.78 Å². The standard InChI is InChI=1S/C25H19F3N2O3/c1-2-33-24(32)20-10-12-30-21(9-11-29-23(20)30)17-6-3-5-16(13-17)14-22(31)18-7-4-8-19(15-18)25(26,27)28/h3-13,15H,2,14H2,1H3. The van der Waals surface area contributed by atoms with Crippen LogP contribution in [-0.4, -0.2) is 27.7 Å². The minimum Gasteiger partial charge on any atom is -0.462 e. The van der Waals surface area contributed by atoms with E-state index >= 15 is 0 Å². The molecule has 168 valence electrons. The van der Waals surface area contributed by atoms with Crippen molar-refractivity contribution < 1.29 is 27.5 Å². The summed E-state index contributed by atoms with van der Waals surface area (Å²) in [7, 11) is 0. The molecule has 2 aromatic heterocycles. The van der Waals surface area contributed by atoms with Crippen molar-refractivity contribution in [3.8, 4) is 11.3 Å². The number of ketones is 1. The number of rotatable bonds is 6. The first-order chi connectivity index (χ1) is 15.8. The Bertz CT molecular complexity index is 1340. The van der Waals surface area contributed by atoms with Crippen LogP contribution in [0.15, 0.2) is 73.1 Å². The Morgan fingerprint density at radius 3 is 2.58 bits per heavy atom. The molecule has 0 aliphatic rings. The van der Waals surface area contributed by atoms with Gasteiger partial charge in [0.1, 0.15) is 5.56 Å². The van der Waals surface area contributed by atoms with Crippen molar-refractivity contribution in [1.82, 2.24) is 9.38 Å². The highest BCUT2D eigenvalue weighted by molar-refractivity contribution is 5.98. The molecular formula is C25H19F3N2O3. The second kappa shape index (κ2) is 8.90.